The second kappa shape index (κ2) is 19.3. The predicted octanol–water partition coefficient (Wildman–Crippen LogP) is 7.48. The maximum absolute atomic E-state index is 12.2. The lowest BCUT2D eigenvalue weighted by molar-refractivity contribution is -0.136. The zero-order valence-corrected chi connectivity index (χ0v) is 21.6. The number of hydrogen-bond donors (Lipinski definition) is 0. The molecule has 1 aromatic carbocycles. The molecule has 0 saturated carbocycles. The zero-order chi connectivity index (χ0) is 24.2. The maximum Gasteiger partial charge on any atom is 0.334 e. The molecule has 0 aliphatic carbocycles. The lowest BCUT2D eigenvalue weighted by atomic mass is 10.0. The van der Waals surface area contributed by atoms with E-state index >= 15 is 0 Å². The summed E-state index contributed by atoms with van der Waals surface area (Å²) < 4.78 is 10.9. The van der Waals surface area contributed by atoms with Crippen LogP contribution in [0.3, 0.4) is 0 Å². The van der Waals surface area contributed by atoms with Crippen LogP contribution in [0.15, 0.2) is 48.2 Å². The Bertz CT molecular complexity index is 675. The Morgan fingerprint density at radius 1 is 0.848 bits per heavy atom. The van der Waals surface area contributed by atoms with Gasteiger partial charge in [0.25, 0.3) is 0 Å². The minimum Gasteiger partial charge on any atom is -0.494 e. The van der Waals surface area contributed by atoms with Crippen molar-refractivity contribution in [2.45, 2.75) is 91.4 Å². The molecule has 0 bridgehead atoms. The number of esters is 1. The molecular formula is C29H47NO3. The molecule has 0 radical (unpaired) electrons. The van der Waals surface area contributed by atoms with Gasteiger partial charge in [0.2, 0.25) is 0 Å². The zero-order valence-electron chi connectivity index (χ0n) is 21.6. The average molecular weight is 458 g/mol. The predicted molar refractivity (Wildman–Crippen MR) is 140 cm³/mol. The van der Waals surface area contributed by atoms with Gasteiger partial charge in [-0.2, -0.15) is 0 Å². The van der Waals surface area contributed by atoms with Gasteiger partial charge in [-0.05, 0) is 50.2 Å². The van der Waals surface area contributed by atoms with Crippen LogP contribution in [0.1, 0.15) is 90.5 Å². The molecule has 0 saturated heterocycles. The molecule has 0 spiro atoms. The second-order valence-electron chi connectivity index (χ2n) is 8.60. The van der Waals surface area contributed by atoms with Crippen LogP contribution in [0, 0.1) is 0 Å². The summed E-state index contributed by atoms with van der Waals surface area (Å²) in [6.45, 7) is 9.13. The molecular weight excluding hydrogens is 410 g/mol. The van der Waals surface area contributed by atoms with E-state index in [-0.39, 0.29) is 5.97 Å². The van der Waals surface area contributed by atoms with Crippen molar-refractivity contribution in [2.75, 3.05) is 26.8 Å². The Hall–Kier alpha value is -2.23. The van der Waals surface area contributed by atoms with E-state index in [9.17, 15) is 4.79 Å². The smallest absolute Gasteiger partial charge is 0.334 e. The third kappa shape index (κ3) is 13.8. The van der Waals surface area contributed by atoms with E-state index in [1.165, 1.54) is 64.9 Å². The monoisotopic (exact) mass is 457 g/mol. The summed E-state index contributed by atoms with van der Waals surface area (Å²) in [5.41, 5.74) is 1.70. The fourth-order valence-electron chi connectivity index (χ4n) is 3.75. The molecule has 0 unspecified atom stereocenters. The highest BCUT2D eigenvalue weighted by Gasteiger charge is 2.10. The van der Waals surface area contributed by atoms with Crippen LogP contribution in [0.2, 0.25) is 0 Å². The van der Waals surface area contributed by atoms with Crippen molar-refractivity contribution in [3.8, 4) is 5.75 Å². The van der Waals surface area contributed by atoms with Gasteiger partial charge in [0.05, 0.1) is 13.7 Å². The van der Waals surface area contributed by atoms with Crippen molar-refractivity contribution >= 4 is 5.97 Å². The van der Waals surface area contributed by atoms with Gasteiger partial charge in [0.1, 0.15) is 5.75 Å². The highest BCUT2D eigenvalue weighted by molar-refractivity contribution is 5.89. The fraction of sp³-hybridized carbons (Fsp3) is 0.621. The Morgan fingerprint density at radius 2 is 1.42 bits per heavy atom. The van der Waals surface area contributed by atoms with E-state index in [1.54, 1.807) is 0 Å². The first-order valence-electron chi connectivity index (χ1n) is 13.1. The molecule has 0 heterocycles. The molecule has 0 amide bonds. The van der Waals surface area contributed by atoms with Gasteiger partial charge in [0.15, 0.2) is 0 Å². The van der Waals surface area contributed by atoms with Gasteiger partial charge in [0, 0.05) is 25.1 Å². The average Bonchev–Trinajstić information content (AvgIpc) is 2.84. The van der Waals surface area contributed by atoms with Crippen molar-refractivity contribution in [3.05, 3.63) is 53.8 Å². The summed E-state index contributed by atoms with van der Waals surface area (Å²) in [4.78, 5) is 14.3. The van der Waals surface area contributed by atoms with Gasteiger partial charge >= 0.3 is 5.97 Å². The lowest BCUT2D eigenvalue weighted by Gasteiger charge is -2.14. The first-order chi connectivity index (χ1) is 16.1. The van der Waals surface area contributed by atoms with Crippen molar-refractivity contribution in [1.82, 2.24) is 4.90 Å². The van der Waals surface area contributed by atoms with Crippen LogP contribution in [0.25, 0.3) is 0 Å². The second-order valence-corrected chi connectivity index (χ2v) is 8.60. The van der Waals surface area contributed by atoms with Crippen molar-refractivity contribution in [2.24, 2.45) is 0 Å². The highest BCUT2D eigenvalue weighted by atomic mass is 16.5. The number of unbranched alkanes of at least 4 members (excludes halogenated alkanes) is 9. The van der Waals surface area contributed by atoms with Gasteiger partial charge in [-0.25, -0.2) is 4.79 Å². The number of hydrogen-bond acceptors (Lipinski definition) is 4. The summed E-state index contributed by atoms with van der Waals surface area (Å²) in [6, 6.07) is 8.04. The maximum atomic E-state index is 12.2. The van der Waals surface area contributed by atoms with Crippen molar-refractivity contribution in [1.29, 1.82) is 0 Å². The Labute approximate surface area is 203 Å². The van der Waals surface area contributed by atoms with E-state index in [4.69, 9.17) is 9.47 Å². The summed E-state index contributed by atoms with van der Waals surface area (Å²) in [5, 5.41) is 0. The molecule has 0 N–H and O–H groups in total. The third-order valence-corrected chi connectivity index (χ3v) is 5.94. The number of methoxy groups -OCH3 is 1. The number of carbonyl (C=O) groups excluding carboxylic acids is 1. The summed E-state index contributed by atoms with van der Waals surface area (Å²) >= 11 is 0. The van der Waals surface area contributed by atoms with Gasteiger partial charge < -0.3 is 14.4 Å². The van der Waals surface area contributed by atoms with E-state index in [0.29, 0.717) is 12.0 Å². The van der Waals surface area contributed by atoms with Crippen LogP contribution in [0.5, 0.6) is 5.75 Å². The van der Waals surface area contributed by atoms with Crippen LogP contribution in [-0.2, 0) is 16.0 Å². The standard InChI is InChI=1S/C29H47NO3/c1-5-8-9-10-11-12-13-14-15-16-24-33-28-21-19-26(20-22-28)25-27(29(31)32-4)18-17-23-30(6-2)7-3/h17-23H,5-16,24-25H2,1-4H3/b23-17+,27-18+. The van der Waals surface area contributed by atoms with E-state index in [1.807, 2.05) is 42.6 Å². The minimum atomic E-state index is -0.291. The number of nitrogens with zero attached hydrogens (tertiary/aromatic N) is 1. The van der Waals surface area contributed by atoms with Gasteiger partial charge in [-0.3, -0.25) is 0 Å². The minimum absolute atomic E-state index is 0.291. The third-order valence-electron chi connectivity index (χ3n) is 5.94. The van der Waals surface area contributed by atoms with E-state index in [0.717, 1.165) is 37.4 Å². The lowest BCUT2D eigenvalue weighted by Crippen LogP contribution is -2.15. The summed E-state index contributed by atoms with van der Waals surface area (Å²) in [7, 11) is 1.43. The Kier molecular flexibility index (Phi) is 16.8. The van der Waals surface area contributed by atoms with Gasteiger partial charge in [-0.1, -0.05) is 82.9 Å². The molecule has 1 rings (SSSR count). The van der Waals surface area contributed by atoms with E-state index in [2.05, 4.69) is 25.7 Å². The van der Waals surface area contributed by atoms with Gasteiger partial charge in [-0.15, -0.1) is 0 Å². The SMILES string of the molecule is CCCCCCCCCCCCOc1ccc(C/C(=C\C=C\N(CC)CC)C(=O)OC)cc1. The van der Waals surface area contributed by atoms with Crippen LogP contribution in [-0.4, -0.2) is 37.7 Å². The number of carbonyl (C=O) groups is 1. The Balaban J connectivity index is 2.35. The fourth-order valence-corrected chi connectivity index (χ4v) is 3.75. The highest BCUT2D eigenvalue weighted by Crippen LogP contribution is 2.17. The largest absolute Gasteiger partial charge is 0.494 e. The van der Waals surface area contributed by atoms with Crippen LogP contribution >= 0.6 is 0 Å². The quantitative estimate of drug-likeness (QED) is 0.0934. The summed E-state index contributed by atoms with van der Waals surface area (Å²) in [6.07, 6.45) is 19.6. The molecule has 1 aromatic rings. The van der Waals surface area contributed by atoms with Crippen molar-refractivity contribution < 1.29 is 14.3 Å². The molecule has 4 nitrogen and oxygen atoms in total. The number of benzene rings is 1. The number of ether oxygens (including phenoxy) is 2. The first kappa shape index (κ1) is 28.8. The molecule has 0 aromatic heterocycles. The normalized spacial score (nSPS) is 11.7. The molecule has 0 aliphatic rings. The molecule has 33 heavy (non-hydrogen) atoms. The molecule has 186 valence electrons. The summed E-state index contributed by atoms with van der Waals surface area (Å²) in [5.74, 6) is 0.597. The first-order valence-corrected chi connectivity index (χ1v) is 13.1. The molecule has 4 heteroatoms. The molecule has 0 atom stereocenters. The molecule has 0 aliphatic heterocycles. The van der Waals surface area contributed by atoms with Crippen molar-refractivity contribution in [3.63, 3.8) is 0 Å². The number of rotatable bonds is 19. The molecule has 0 fully saturated rings. The van der Waals surface area contributed by atoms with Crippen LogP contribution in [0.4, 0.5) is 0 Å². The topological polar surface area (TPSA) is 38.8 Å². The Morgan fingerprint density at radius 3 is 1.97 bits per heavy atom. The van der Waals surface area contributed by atoms with Crippen LogP contribution < -0.4 is 4.74 Å². The van der Waals surface area contributed by atoms with E-state index < -0.39 is 0 Å². The number of allylic oxidation sites excluding steroid dienone is 2.